The van der Waals surface area contributed by atoms with Crippen LogP contribution < -0.4 is 15.0 Å². The first-order valence-corrected chi connectivity index (χ1v) is 9.50. The van der Waals surface area contributed by atoms with Crippen LogP contribution in [-0.2, 0) is 4.79 Å². The number of urea groups is 1. The Kier molecular flexibility index (Phi) is 4.90. The summed E-state index contributed by atoms with van der Waals surface area (Å²) in [5, 5.41) is 12.4. The Morgan fingerprint density at radius 2 is 2.00 bits per heavy atom. The number of benzene rings is 1. The van der Waals surface area contributed by atoms with Gasteiger partial charge in [0.2, 0.25) is 0 Å². The molecule has 0 bridgehead atoms. The third-order valence-electron chi connectivity index (χ3n) is 5.71. The SMILES string of the molecule is O=C1N(c2cc(F)cc(O[C@H]3CC[C@@H](C(=O)O)CC3)c2)C[C@@H]2CNCCN12. The van der Waals surface area contributed by atoms with Crippen molar-refractivity contribution in [3.63, 3.8) is 0 Å². The first-order valence-electron chi connectivity index (χ1n) is 9.50. The lowest BCUT2D eigenvalue weighted by molar-refractivity contribution is -0.143. The molecule has 2 N–H and O–H groups in total. The predicted octanol–water partition coefficient (Wildman–Crippen LogP) is 2.06. The molecule has 1 aromatic carbocycles. The molecule has 0 radical (unpaired) electrons. The van der Waals surface area contributed by atoms with Gasteiger partial charge in [-0.15, -0.1) is 0 Å². The molecule has 2 amide bonds. The summed E-state index contributed by atoms with van der Waals surface area (Å²) in [6, 6.07) is 4.39. The fourth-order valence-electron chi connectivity index (χ4n) is 4.23. The lowest BCUT2D eigenvalue weighted by Gasteiger charge is -2.28. The van der Waals surface area contributed by atoms with E-state index in [0.29, 0.717) is 50.2 Å². The van der Waals surface area contributed by atoms with E-state index >= 15 is 0 Å². The Hall–Kier alpha value is -2.35. The maximum Gasteiger partial charge on any atom is 0.324 e. The van der Waals surface area contributed by atoms with E-state index in [1.165, 1.54) is 12.1 Å². The van der Waals surface area contributed by atoms with Crippen LogP contribution in [0.1, 0.15) is 25.7 Å². The number of carboxylic acid groups (broad SMARTS) is 1. The topological polar surface area (TPSA) is 82.1 Å². The van der Waals surface area contributed by atoms with Gasteiger partial charge in [0.15, 0.2) is 0 Å². The van der Waals surface area contributed by atoms with E-state index in [2.05, 4.69) is 5.32 Å². The molecule has 1 saturated carbocycles. The number of piperazine rings is 1. The zero-order valence-electron chi connectivity index (χ0n) is 15.1. The molecule has 7 nitrogen and oxygen atoms in total. The molecule has 1 atom stereocenters. The highest BCUT2D eigenvalue weighted by atomic mass is 19.1. The van der Waals surface area contributed by atoms with Gasteiger partial charge in [0.05, 0.1) is 23.8 Å². The van der Waals surface area contributed by atoms with Crippen molar-refractivity contribution < 1.29 is 23.8 Å². The van der Waals surface area contributed by atoms with E-state index in [0.717, 1.165) is 13.1 Å². The van der Waals surface area contributed by atoms with E-state index in [1.807, 2.05) is 4.90 Å². The van der Waals surface area contributed by atoms with E-state index in [4.69, 9.17) is 9.84 Å². The molecule has 0 unspecified atom stereocenters. The molecule has 4 rings (SSSR count). The van der Waals surface area contributed by atoms with Gasteiger partial charge in [-0.25, -0.2) is 9.18 Å². The molecule has 27 heavy (non-hydrogen) atoms. The van der Waals surface area contributed by atoms with E-state index < -0.39 is 11.8 Å². The highest BCUT2D eigenvalue weighted by molar-refractivity contribution is 5.95. The van der Waals surface area contributed by atoms with Crippen molar-refractivity contribution in [3.05, 3.63) is 24.0 Å². The number of anilines is 1. The van der Waals surface area contributed by atoms with Gasteiger partial charge >= 0.3 is 12.0 Å². The normalized spacial score (nSPS) is 28.2. The van der Waals surface area contributed by atoms with E-state index in [9.17, 15) is 14.0 Å². The summed E-state index contributed by atoms with van der Waals surface area (Å²) in [6.45, 7) is 2.70. The van der Waals surface area contributed by atoms with Crippen molar-refractivity contribution in [2.45, 2.75) is 37.8 Å². The van der Waals surface area contributed by atoms with Gasteiger partial charge in [-0.3, -0.25) is 9.69 Å². The molecule has 3 aliphatic rings. The number of nitrogens with one attached hydrogen (secondary N) is 1. The summed E-state index contributed by atoms with van der Waals surface area (Å²) in [5.74, 6) is -1.14. The fraction of sp³-hybridized carbons (Fsp3) is 0.579. The van der Waals surface area contributed by atoms with Crippen molar-refractivity contribution in [1.29, 1.82) is 0 Å². The molecule has 8 heteroatoms. The third kappa shape index (κ3) is 3.71. The Bertz CT molecular complexity index is 736. The van der Waals surface area contributed by atoms with Crippen molar-refractivity contribution in [2.24, 2.45) is 5.92 Å². The summed E-state index contributed by atoms with van der Waals surface area (Å²) in [4.78, 5) is 27.1. The number of carbonyl (C=O) groups is 2. The molecule has 3 fully saturated rings. The van der Waals surface area contributed by atoms with Crippen LogP contribution in [0.5, 0.6) is 5.75 Å². The number of rotatable bonds is 4. The Labute approximate surface area is 157 Å². The summed E-state index contributed by atoms with van der Waals surface area (Å²) in [7, 11) is 0. The standard InChI is InChI=1S/C19H24FN3O4/c20-13-7-14(23-11-15-10-21-5-6-22(15)19(23)26)9-17(8-13)27-16-3-1-12(2-4-16)18(24)25/h7-9,12,15-16,21H,1-6,10-11H2,(H,24,25)/t12-,15-,16+/m0/s1. The summed E-state index contributed by atoms with van der Waals surface area (Å²) in [6.07, 6.45) is 2.27. The minimum Gasteiger partial charge on any atom is -0.490 e. The van der Waals surface area contributed by atoms with Crippen LogP contribution in [0, 0.1) is 11.7 Å². The Balaban J connectivity index is 1.46. The van der Waals surface area contributed by atoms with Crippen LogP contribution in [0.3, 0.4) is 0 Å². The van der Waals surface area contributed by atoms with Gasteiger partial charge in [-0.2, -0.15) is 0 Å². The lowest BCUT2D eigenvalue weighted by Crippen LogP contribution is -2.49. The Morgan fingerprint density at radius 3 is 2.70 bits per heavy atom. The summed E-state index contributed by atoms with van der Waals surface area (Å²) < 4.78 is 20.1. The van der Waals surface area contributed by atoms with Crippen molar-refractivity contribution in [3.8, 4) is 5.75 Å². The summed E-state index contributed by atoms with van der Waals surface area (Å²) >= 11 is 0. The van der Waals surface area contributed by atoms with Gasteiger partial charge in [-0.05, 0) is 31.7 Å². The number of nitrogens with zero attached hydrogens (tertiary/aromatic N) is 2. The number of carboxylic acids is 1. The molecular formula is C19H24FN3O4. The fourth-order valence-corrected chi connectivity index (χ4v) is 4.23. The molecule has 1 aromatic rings. The third-order valence-corrected chi connectivity index (χ3v) is 5.71. The molecule has 0 spiro atoms. The second-order valence-electron chi connectivity index (χ2n) is 7.52. The number of hydrogen-bond acceptors (Lipinski definition) is 4. The monoisotopic (exact) mass is 377 g/mol. The van der Waals surface area contributed by atoms with Gasteiger partial charge in [-0.1, -0.05) is 0 Å². The smallest absolute Gasteiger partial charge is 0.324 e. The van der Waals surface area contributed by atoms with Crippen molar-refractivity contribution >= 4 is 17.7 Å². The average molecular weight is 377 g/mol. The zero-order chi connectivity index (χ0) is 19.0. The van der Waals surface area contributed by atoms with Crippen LogP contribution in [0.4, 0.5) is 14.9 Å². The number of halogens is 1. The van der Waals surface area contributed by atoms with Crippen molar-refractivity contribution in [2.75, 3.05) is 31.1 Å². The molecule has 2 heterocycles. The molecule has 0 aromatic heterocycles. The van der Waals surface area contributed by atoms with Crippen LogP contribution >= 0.6 is 0 Å². The van der Waals surface area contributed by atoms with Gasteiger partial charge < -0.3 is 20.1 Å². The molecule has 2 saturated heterocycles. The van der Waals surface area contributed by atoms with Crippen molar-refractivity contribution in [1.82, 2.24) is 10.2 Å². The van der Waals surface area contributed by atoms with E-state index in [1.54, 1.807) is 11.0 Å². The minimum atomic E-state index is -0.764. The first-order chi connectivity index (χ1) is 13.0. The lowest BCUT2D eigenvalue weighted by atomic mass is 9.87. The van der Waals surface area contributed by atoms with Crippen LogP contribution in [0.15, 0.2) is 18.2 Å². The maximum atomic E-state index is 14.2. The number of fused-ring (bicyclic) bond motifs is 1. The predicted molar refractivity (Wildman–Crippen MR) is 96.5 cm³/mol. The zero-order valence-corrected chi connectivity index (χ0v) is 15.1. The number of ether oxygens (including phenoxy) is 1. The number of carbonyl (C=O) groups excluding carboxylic acids is 1. The second-order valence-corrected chi connectivity index (χ2v) is 7.52. The van der Waals surface area contributed by atoms with Crippen LogP contribution in [0.2, 0.25) is 0 Å². The number of amides is 2. The minimum absolute atomic E-state index is 0.0972. The maximum absolute atomic E-state index is 14.2. The molecule has 146 valence electrons. The largest absolute Gasteiger partial charge is 0.490 e. The number of aliphatic carboxylic acids is 1. The van der Waals surface area contributed by atoms with Gasteiger partial charge in [0, 0.05) is 38.3 Å². The first kappa shape index (κ1) is 18.0. The molecular weight excluding hydrogens is 353 g/mol. The van der Waals surface area contributed by atoms with Crippen LogP contribution in [0.25, 0.3) is 0 Å². The average Bonchev–Trinajstić information content (AvgIpc) is 2.99. The highest BCUT2D eigenvalue weighted by Gasteiger charge is 2.39. The Morgan fingerprint density at radius 1 is 1.22 bits per heavy atom. The second kappa shape index (κ2) is 7.34. The van der Waals surface area contributed by atoms with Crippen LogP contribution in [-0.4, -0.2) is 60.3 Å². The highest BCUT2D eigenvalue weighted by Crippen LogP contribution is 2.32. The molecule has 2 aliphatic heterocycles. The van der Waals surface area contributed by atoms with Gasteiger partial charge in [0.1, 0.15) is 11.6 Å². The van der Waals surface area contributed by atoms with E-state index in [-0.39, 0.29) is 24.1 Å². The number of hydrogen-bond donors (Lipinski definition) is 2. The summed E-state index contributed by atoms with van der Waals surface area (Å²) in [5.41, 5.74) is 0.503. The van der Waals surface area contributed by atoms with Gasteiger partial charge in [0.25, 0.3) is 0 Å². The molecule has 1 aliphatic carbocycles. The quantitative estimate of drug-likeness (QED) is 0.839.